The maximum Gasteiger partial charge on any atom is 0.131 e. The Bertz CT molecular complexity index is 1260. The minimum Gasteiger partial charge on any atom is -0.380 e. The van der Waals surface area contributed by atoms with E-state index in [1.54, 1.807) is 12.1 Å². The SMILES string of the molecule is CCC(O)(c1ccc2c(c1)CN(C)N2c1ccccc1)c1ccc(F)c2ccccc12. The lowest BCUT2D eigenvalue weighted by Gasteiger charge is -2.30. The Kier molecular flexibility index (Phi) is 4.77. The van der Waals surface area contributed by atoms with Gasteiger partial charge in [0.1, 0.15) is 11.4 Å². The van der Waals surface area contributed by atoms with E-state index in [0.717, 1.165) is 40.0 Å². The molecule has 0 aromatic heterocycles. The number of hydrazine groups is 1. The molecule has 0 radical (unpaired) electrons. The number of hydrogen-bond acceptors (Lipinski definition) is 3. The van der Waals surface area contributed by atoms with Gasteiger partial charge in [-0.15, -0.1) is 0 Å². The van der Waals surface area contributed by atoms with Crippen LogP contribution in [-0.4, -0.2) is 17.2 Å². The van der Waals surface area contributed by atoms with Crippen molar-refractivity contribution in [1.82, 2.24) is 5.01 Å². The number of rotatable bonds is 4. The molecule has 31 heavy (non-hydrogen) atoms. The highest BCUT2D eigenvalue weighted by atomic mass is 19.1. The molecule has 1 aliphatic heterocycles. The van der Waals surface area contributed by atoms with Crippen molar-refractivity contribution in [3.8, 4) is 0 Å². The molecule has 1 atom stereocenters. The van der Waals surface area contributed by atoms with Crippen LogP contribution in [0.1, 0.15) is 30.0 Å². The maximum atomic E-state index is 14.4. The Hall–Kier alpha value is -3.21. The molecule has 0 bridgehead atoms. The number of para-hydroxylation sites is 1. The predicted octanol–water partition coefficient (Wildman–Crippen LogP) is 6.12. The van der Waals surface area contributed by atoms with Crippen molar-refractivity contribution in [1.29, 1.82) is 0 Å². The van der Waals surface area contributed by atoms with E-state index in [-0.39, 0.29) is 5.82 Å². The van der Waals surface area contributed by atoms with Gasteiger partial charge in [0.15, 0.2) is 0 Å². The number of hydrogen-bond donors (Lipinski definition) is 1. The monoisotopic (exact) mass is 412 g/mol. The summed E-state index contributed by atoms with van der Waals surface area (Å²) in [6.07, 6.45) is 0.486. The molecular weight excluding hydrogens is 387 g/mol. The largest absolute Gasteiger partial charge is 0.380 e. The van der Waals surface area contributed by atoms with E-state index in [2.05, 4.69) is 41.3 Å². The fourth-order valence-electron chi connectivity index (χ4n) is 4.76. The molecule has 1 N–H and O–H groups in total. The van der Waals surface area contributed by atoms with Crippen LogP contribution in [0.15, 0.2) is 84.9 Å². The third kappa shape index (κ3) is 3.11. The lowest BCUT2D eigenvalue weighted by molar-refractivity contribution is 0.0780. The van der Waals surface area contributed by atoms with Crippen molar-refractivity contribution >= 4 is 22.1 Å². The van der Waals surface area contributed by atoms with Gasteiger partial charge >= 0.3 is 0 Å². The van der Waals surface area contributed by atoms with Gasteiger partial charge in [-0.25, -0.2) is 9.40 Å². The van der Waals surface area contributed by atoms with Crippen LogP contribution < -0.4 is 5.01 Å². The molecule has 0 aliphatic carbocycles. The number of halogens is 1. The van der Waals surface area contributed by atoms with E-state index < -0.39 is 5.60 Å². The molecule has 3 nitrogen and oxygen atoms in total. The molecule has 1 aliphatic rings. The molecule has 156 valence electrons. The smallest absolute Gasteiger partial charge is 0.131 e. The Balaban J connectivity index is 1.63. The van der Waals surface area contributed by atoms with Crippen molar-refractivity contribution < 1.29 is 9.50 Å². The topological polar surface area (TPSA) is 26.7 Å². The number of anilines is 2. The molecule has 0 saturated carbocycles. The number of benzene rings is 4. The molecule has 0 spiro atoms. The Morgan fingerprint density at radius 2 is 1.61 bits per heavy atom. The van der Waals surface area contributed by atoms with Gasteiger partial charge in [-0.05, 0) is 58.8 Å². The van der Waals surface area contributed by atoms with Crippen molar-refractivity contribution in [3.05, 3.63) is 107 Å². The van der Waals surface area contributed by atoms with Gasteiger partial charge in [-0.1, -0.05) is 61.5 Å². The number of aliphatic hydroxyl groups is 1. The average Bonchev–Trinajstić information content (AvgIpc) is 3.14. The fraction of sp³-hybridized carbons (Fsp3) is 0.185. The standard InChI is InChI=1S/C27H25FN2O/c1-3-27(31,24-14-15-25(28)23-12-8-7-11-22(23)24)20-13-16-26-19(17-20)18-29(2)30(26)21-9-5-4-6-10-21/h4-17,31H,3,18H2,1-2H3. The second-order valence-electron chi connectivity index (χ2n) is 8.16. The van der Waals surface area contributed by atoms with Crippen LogP contribution in [0, 0.1) is 5.82 Å². The zero-order chi connectivity index (χ0) is 21.6. The lowest BCUT2D eigenvalue weighted by atomic mass is 9.81. The summed E-state index contributed by atoms with van der Waals surface area (Å²) >= 11 is 0. The summed E-state index contributed by atoms with van der Waals surface area (Å²) in [7, 11) is 2.06. The zero-order valence-corrected chi connectivity index (χ0v) is 17.7. The molecule has 0 saturated heterocycles. The van der Waals surface area contributed by atoms with Crippen LogP contribution in [0.3, 0.4) is 0 Å². The molecule has 5 rings (SSSR count). The minimum atomic E-state index is -1.21. The lowest BCUT2D eigenvalue weighted by Crippen LogP contribution is -2.29. The van der Waals surface area contributed by atoms with Gasteiger partial charge in [-0.2, -0.15) is 0 Å². The maximum absolute atomic E-state index is 14.4. The van der Waals surface area contributed by atoms with E-state index in [1.165, 1.54) is 6.07 Å². The molecule has 1 heterocycles. The highest BCUT2D eigenvalue weighted by molar-refractivity contribution is 5.87. The van der Waals surface area contributed by atoms with Crippen molar-refractivity contribution in [2.45, 2.75) is 25.5 Å². The summed E-state index contributed by atoms with van der Waals surface area (Å²) in [5.74, 6) is -0.271. The molecular formula is C27H25FN2O. The summed E-state index contributed by atoms with van der Waals surface area (Å²) in [6.45, 7) is 2.72. The van der Waals surface area contributed by atoms with Gasteiger partial charge in [-0.3, -0.25) is 5.01 Å². The van der Waals surface area contributed by atoms with Gasteiger partial charge < -0.3 is 5.11 Å². The van der Waals surface area contributed by atoms with Crippen molar-refractivity contribution in [3.63, 3.8) is 0 Å². The summed E-state index contributed by atoms with van der Waals surface area (Å²) in [5, 5.41) is 17.5. The van der Waals surface area contributed by atoms with Crippen LogP contribution in [0.5, 0.6) is 0 Å². The Labute approximate surface area is 181 Å². The third-order valence-electron chi connectivity index (χ3n) is 6.35. The van der Waals surface area contributed by atoms with E-state index in [9.17, 15) is 9.50 Å². The van der Waals surface area contributed by atoms with E-state index in [0.29, 0.717) is 11.8 Å². The van der Waals surface area contributed by atoms with E-state index in [4.69, 9.17) is 0 Å². The average molecular weight is 413 g/mol. The Morgan fingerprint density at radius 3 is 2.35 bits per heavy atom. The quantitative estimate of drug-likeness (QED) is 0.437. The van der Waals surface area contributed by atoms with Gasteiger partial charge in [0.2, 0.25) is 0 Å². The normalized spacial score (nSPS) is 15.8. The molecule has 1 unspecified atom stereocenters. The van der Waals surface area contributed by atoms with Crippen LogP contribution in [0.2, 0.25) is 0 Å². The van der Waals surface area contributed by atoms with Gasteiger partial charge in [0.05, 0.1) is 11.4 Å². The third-order valence-corrected chi connectivity index (χ3v) is 6.35. The second kappa shape index (κ2) is 7.49. The number of fused-ring (bicyclic) bond motifs is 2. The fourth-order valence-corrected chi connectivity index (χ4v) is 4.76. The summed E-state index contributed by atoms with van der Waals surface area (Å²) < 4.78 is 14.4. The summed E-state index contributed by atoms with van der Waals surface area (Å²) in [5.41, 5.74) is 3.72. The first kappa shape index (κ1) is 19.7. The first-order chi connectivity index (χ1) is 15.0. The first-order valence-corrected chi connectivity index (χ1v) is 10.6. The van der Waals surface area contributed by atoms with Crippen molar-refractivity contribution in [2.75, 3.05) is 12.1 Å². The Morgan fingerprint density at radius 1 is 0.903 bits per heavy atom. The summed E-state index contributed by atoms with van der Waals surface area (Å²) in [6, 6.07) is 27.0. The molecule has 0 fully saturated rings. The predicted molar refractivity (Wildman–Crippen MR) is 124 cm³/mol. The minimum absolute atomic E-state index is 0.271. The van der Waals surface area contributed by atoms with Crippen molar-refractivity contribution in [2.24, 2.45) is 0 Å². The van der Waals surface area contributed by atoms with Gasteiger partial charge in [0, 0.05) is 19.0 Å². The number of nitrogens with zero attached hydrogens (tertiary/aromatic N) is 2. The highest BCUT2D eigenvalue weighted by Crippen LogP contribution is 2.42. The van der Waals surface area contributed by atoms with E-state index in [1.807, 2.05) is 49.4 Å². The van der Waals surface area contributed by atoms with Gasteiger partial charge in [0.25, 0.3) is 0 Å². The van der Waals surface area contributed by atoms with Crippen LogP contribution in [0.25, 0.3) is 10.8 Å². The first-order valence-electron chi connectivity index (χ1n) is 10.6. The molecule has 4 aromatic rings. The second-order valence-corrected chi connectivity index (χ2v) is 8.16. The van der Waals surface area contributed by atoms with Crippen LogP contribution >= 0.6 is 0 Å². The van der Waals surface area contributed by atoms with E-state index >= 15 is 0 Å². The van der Waals surface area contributed by atoms with Crippen LogP contribution in [0.4, 0.5) is 15.8 Å². The molecule has 0 amide bonds. The van der Waals surface area contributed by atoms with Crippen LogP contribution in [-0.2, 0) is 12.1 Å². The zero-order valence-electron chi connectivity index (χ0n) is 17.7. The molecule has 4 heteroatoms. The molecule has 4 aromatic carbocycles. The summed E-state index contributed by atoms with van der Waals surface area (Å²) in [4.78, 5) is 0. The highest BCUT2D eigenvalue weighted by Gasteiger charge is 2.34.